The molecule has 0 saturated heterocycles. The Morgan fingerprint density at radius 1 is 0.923 bits per heavy atom. The quantitative estimate of drug-likeness (QED) is 0.769. The average Bonchev–Trinajstić information content (AvgIpc) is 2.70. The largest absolute Gasteiger partial charge is 0.493 e. The first-order valence-corrected chi connectivity index (χ1v) is 9.00. The molecule has 2 aliphatic rings. The van der Waals surface area contributed by atoms with Crippen LogP contribution in [-0.4, -0.2) is 45.6 Å². The van der Waals surface area contributed by atoms with Crippen LogP contribution in [0.2, 0.25) is 0 Å². The molecule has 0 bridgehead atoms. The summed E-state index contributed by atoms with van der Waals surface area (Å²) < 4.78 is 28.5. The van der Waals surface area contributed by atoms with Crippen LogP contribution in [0.3, 0.4) is 0 Å². The number of rotatable bonds is 7. The van der Waals surface area contributed by atoms with Gasteiger partial charge in [-0.3, -0.25) is 0 Å². The van der Waals surface area contributed by atoms with Gasteiger partial charge in [0.25, 0.3) is 0 Å². The highest BCUT2D eigenvalue weighted by Crippen LogP contribution is 2.33. The number of para-hydroxylation sites is 2. The molecule has 1 N–H and O–H groups in total. The summed E-state index contributed by atoms with van der Waals surface area (Å²) in [6.07, 6.45) is 0.933. The Hall–Kier alpha value is -2.60. The summed E-state index contributed by atoms with van der Waals surface area (Å²) >= 11 is 0. The number of benzene rings is 2. The van der Waals surface area contributed by atoms with Gasteiger partial charge >= 0.3 is 0 Å². The maximum Gasteiger partial charge on any atom is 0.165 e. The van der Waals surface area contributed by atoms with Crippen molar-refractivity contribution in [2.75, 3.05) is 39.5 Å². The van der Waals surface area contributed by atoms with Gasteiger partial charge in [0.05, 0.1) is 6.61 Å². The lowest BCUT2D eigenvalue weighted by atomic mass is 10.2. The molecule has 6 heteroatoms. The minimum Gasteiger partial charge on any atom is -0.493 e. The Morgan fingerprint density at radius 3 is 2.65 bits per heavy atom. The maximum atomic E-state index is 5.92. The van der Waals surface area contributed by atoms with Crippen molar-refractivity contribution >= 4 is 0 Å². The summed E-state index contributed by atoms with van der Waals surface area (Å²) in [6, 6.07) is 13.4. The van der Waals surface area contributed by atoms with Crippen LogP contribution in [0, 0.1) is 0 Å². The van der Waals surface area contributed by atoms with Crippen molar-refractivity contribution in [1.82, 2.24) is 5.32 Å². The summed E-state index contributed by atoms with van der Waals surface area (Å²) in [5.41, 5.74) is 0. The molecule has 2 heterocycles. The normalized spacial score (nSPS) is 17.6. The number of ether oxygens (including phenoxy) is 5. The van der Waals surface area contributed by atoms with Crippen LogP contribution < -0.4 is 29.0 Å². The third-order valence-electron chi connectivity index (χ3n) is 4.22. The van der Waals surface area contributed by atoms with E-state index in [0.717, 1.165) is 48.3 Å². The molecular formula is C20H23NO5. The van der Waals surface area contributed by atoms with Gasteiger partial charge in [0.1, 0.15) is 31.7 Å². The van der Waals surface area contributed by atoms with Crippen molar-refractivity contribution in [2.45, 2.75) is 12.5 Å². The van der Waals surface area contributed by atoms with E-state index in [1.54, 1.807) is 0 Å². The zero-order valence-electron chi connectivity index (χ0n) is 14.6. The smallest absolute Gasteiger partial charge is 0.165 e. The molecule has 0 saturated carbocycles. The molecule has 2 aromatic rings. The molecule has 2 aliphatic heterocycles. The molecule has 0 amide bonds. The number of hydrogen-bond acceptors (Lipinski definition) is 6. The van der Waals surface area contributed by atoms with E-state index in [4.69, 9.17) is 23.7 Å². The third-order valence-corrected chi connectivity index (χ3v) is 4.22. The van der Waals surface area contributed by atoms with Crippen LogP contribution in [0.5, 0.6) is 28.7 Å². The van der Waals surface area contributed by atoms with E-state index in [2.05, 4.69) is 5.32 Å². The molecule has 0 spiro atoms. The van der Waals surface area contributed by atoms with Gasteiger partial charge in [-0.25, -0.2) is 0 Å². The number of nitrogens with one attached hydrogen (secondary N) is 1. The lowest BCUT2D eigenvalue weighted by molar-refractivity contribution is 0.0902. The Balaban J connectivity index is 1.13. The van der Waals surface area contributed by atoms with Gasteiger partial charge in [0.2, 0.25) is 0 Å². The molecule has 138 valence electrons. The van der Waals surface area contributed by atoms with Gasteiger partial charge in [-0.1, -0.05) is 12.1 Å². The topological polar surface area (TPSA) is 58.2 Å². The van der Waals surface area contributed by atoms with Gasteiger partial charge in [-0.15, -0.1) is 0 Å². The van der Waals surface area contributed by atoms with Crippen molar-refractivity contribution in [3.63, 3.8) is 0 Å². The minimum atomic E-state index is 0.0311. The third kappa shape index (κ3) is 4.14. The van der Waals surface area contributed by atoms with E-state index >= 15 is 0 Å². The monoisotopic (exact) mass is 357 g/mol. The molecule has 6 nitrogen and oxygen atoms in total. The van der Waals surface area contributed by atoms with E-state index in [0.29, 0.717) is 26.4 Å². The van der Waals surface area contributed by atoms with Crippen LogP contribution >= 0.6 is 0 Å². The van der Waals surface area contributed by atoms with Gasteiger partial charge in [0.15, 0.2) is 23.0 Å². The first kappa shape index (κ1) is 16.8. The highest BCUT2D eigenvalue weighted by atomic mass is 16.6. The zero-order valence-corrected chi connectivity index (χ0v) is 14.6. The van der Waals surface area contributed by atoms with Crippen molar-refractivity contribution in [3.05, 3.63) is 42.5 Å². The predicted octanol–water partition coefficient (Wildman–Crippen LogP) is 2.66. The van der Waals surface area contributed by atoms with Crippen molar-refractivity contribution in [1.29, 1.82) is 0 Å². The van der Waals surface area contributed by atoms with E-state index in [1.165, 1.54) is 0 Å². The first-order chi connectivity index (χ1) is 12.9. The highest BCUT2D eigenvalue weighted by molar-refractivity contribution is 5.46. The van der Waals surface area contributed by atoms with E-state index in [9.17, 15) is 0 Å². The standard InChI is InChI=1S/C20H23NO5/c1-2-5-19-17(4-1)25-14-16(26-19)13-21-8-3-9-22-15-6-7-18-20(12-15)24-11-10-23-18/h1-2,4-7,12,16,21H,3,8-11,13-14H2. The summed E-state index contributed by atoms with van der Waals surface area (Å²) in [4.78, 5) is 0. The SMILES string of the molecule is c1ccc2c(c1)OCC(CNCCCOc1ccc3c(c1)OCCO3)O2. The Morgan fingerprint density at radius 2 is 1.73 bits per heavy atom. The molecule has 0 radical (unpaired) electrons. The summed E-state index contributed by atoms with van der Waals surface area (Å²) in [6.45, 7) is 3.98. The van der Waals surface area contributed by atoms with Gasteiger partial charge in [0, 0.05) is 12.6 Å². The number of hydrogen-bond donors (Lipinski definition) is 1. The second-order valence-corrected chi connectivity index (χ2v) is 6.21. The Kier molecular flexibility index (Phi) is 5.30. The zero-order chi connectivity index (χ0) is 17.6. The number of fused-ring (bicyclic) bond motifs is 2. The van der Waals surface area contributed by atoms with Gasteiger partial charge in [-0.2, -0.15) is 0 Å². The van der Waals surface area contributed by atoms with E-state index < -0.39 is 0 Å². The molecule has 4 rings (SSSR count). The summed E-state index contributed by atoms with van der Waals surface area (Å²) in [5, 5.41) is 3.39. The van der Waals surface area contributed by atoms with E-state index in [-0.39, 0.29) is 6.10 Å². The lowest BCUT2D eigenvalue weighted by Gasteiger charge is -2.26. The van der Waals surface area contributed by atoms with Crippen LogP contribution in [0.4, 0.5) is 0 Å². The van der Waals surface area contributed by atoms with Crippen LogP contribution in [0.1, 0.15) is 6.42 Å². The van der Waals surface area contributed by atoms with Gasteiger partial charge in [-0.05, 0) is 37.2 Å². The molecular weight excluding hydrogens is 334 g/mol. The lowest BCUT2D eigenvalue weighted by Crippen LogP contribution is -2.39. The fraction of sp³-hybridized carbons (Fsp3) is 0.400. The minimum absolute atomic E-state index is 0.0311. The second-order valence-electron chi connectivity index (χ2n) is 6.21. The Bertz CT molecular complexity index is 736. The maximum absolute atomic E-state index is 5.92. The van der Waals surface area contributed by atoms with Crippen molar-refractivity contribution < 1.29 is 23.7 Å². The first-order valence-electron chi connectivity index (χ1n) is 9.00. The van der Waals surface area contributed by atoms with Crippen LogP contribution in [0.15, 0.2) is 42.5 Å². The molecule has 2 aromatic carbocycles. The van der Waals surface area contributed by atoms with Gasteiger partial charge < -0.3 is 29.0 Å². The average molecular weight is 357 g/mol. The molecule has 0 aromatic heterocycles. The fourth-order valence-electron chi connectivity index (χ4n) is 2.93. The van der Waals surface area contributed by atoms with Crippen LogP contribution in [-0.2, 0) is 0 Å². The fourth-order valence-corrected chi connectivity index (χ4v) is 2.93. The molecule has 0 fully saturated rings. The highest BCUT2D eigenvalue weighted by Gasteiger charge is 2.19. The molecule has 0 aliphatic carbocycles. The molecule has 26 heavy (non-hydrogen) atoms. The second kappa shape index (κ2) is 8.19. The predicted molar refractivity (Wildman–Crippen MR) is 96.8 cm³/mol. The van der Waals surface area contributed by atoms with Crippen molar-refractivity contribution in [3.8, 4) is 28.7 Å². The summed E-state index contributed by atoms with van der Waals surface area (Å²) in [7, 11) is 0. The van der Waals surface area contributed by atoms with Crippen LogP contribution in [0.25, 0.3) is 0 Å². The summed E-state index contributed by atoms with van der Waals surface area (Å²) in [5.74, 6) is 3.96. The molecule has 1 atom stereocenters. The van der Waals surface area contributed by atoms with Crippen molar-refractivity contribution in [2.24, 2.45) is 0 Å². The van der Waals surface area contributed by atoms with E-state index in [1.807, 2.05) is 42.5 Å². The Labute approximate surface area is 153 Å². The molecule has 1 unspecified atom stereocenters.